The fourth-order valence-corrected chi connectivity index (χ4v) is 5.34. The third-order valence-corrected chi connectivity index (χ3v) is 6.98. The number of para-hydroxylation sites is 2. The molecule has 1 aliphatic carbocycles. The van der Waals surface area contributed by atoms with Crippen molar-refractivity contribution in [2.45, 2.75) is 26.2 Å². The second-order valence-corrected chi connectivity index (χ2v) is 9.51. The van der Waals surface area contributed by atoms with Crippen molar-refractivity contribution in [3.63, 3.8) is 0 Å². The molecule has 4 rings (SSSR count). The van der Waals surface area contributed by atoms with E-state index >= 15 is 0 Å². The molecule has 0 saturated carbocycles. The zero-order valence-corrected chi connectivity index (χ0v) is 19.8. The van der Waals surface area contributed by atoms with E-state index in [1.165, 1.54) is 4.88 Å². The van der Waals surface area contributed by atoms with Crippen molar-refractivity contribution in [1.29, 1.82) is 0 Å². The number of methoxy groups -OCH3 is 1. The van der Waals surface area contributed by atoms with Gasteiger partial charge < -0.3 is 15.0 Å². The van der Waals surface area contributed by atoms with Gasteiger partial charge in [-0.05, 0) is 60.6 Å². The third-order valence-electron chi connectivity index (χ3n) is 5.82. The van der Waals surface area contributed by atoms with Gasteiger partial charge in [-0.2, -0.15) is 0 Å². The van der Waals surface area contributed by atoms with Crippen LogP contribution in [0.15, 0.2) is 53.5 Å². The largest absolute Gasteiger partial charge is 0.495 e. The number of amides is 1. The molecule has 3 aromatic rings. The highest BCUT2D eigenvalue weighted by Crippen LogP contribution is 2.41. The molecule has 1 heterocycles. The second kappa shape index (κ2) is 9.57. The number of carbonyl (C=O) groups is 1. The standard InChI is InChI=1S/C26H29N3O2S/c1-17-9-14-20-23(15-17)32-26(27-16-18-10-12-19(13-11-18)29(2)3)24(20)25(30)28-21-7-5-6-8-22(21)31-4/h5-8,10-13,16-17H,9,14-15H2,1-4H3,(H,28,30)/t17-/m0/s1. The number of rotatable bonds is 6. The summed E-state index contributed by atoms with van der Waals surface area (Å²) in [5.74, 6) is 1.14. The molecule has 0 saturated heterocycles. The molecule has 1 N–H and O–H groups in total. The van der Waals surface area contributed by atoms with E-state index in [0.717, 1.165) is 41.1 Å². The van der Waals surface area contributed by atoms with Crippen molar-refractivity contribution in [1.82, 2.24) is 0 Å². The lowest BCUT2D eigenvalue weighted by Gasteiger charge is -2.18. The fourth-order valence-electron chi connectivity index (χ4n) is 3.99. The zero-order chi connectivity index (χ0) is 22.7. The average Bonchev–Trinajstić information content (AvgIpc) is 3.15. The first kappa shape index (κ1) is 22.1. The van der Waals surface area contributed by atoms with E-state index in [0.29, 0.717) is 22.9 Å². The Hall–Kier alpha value is -3.12. The molecule has 2 aromatic carbocycles. The van der Waals surface area contributed by atoms with Crippen LogP contribution < -0.4 is 15.0 Å². The number of thiophene rings is 1. The number of hydrogen-bond donors (Lipinski definition) is 1. The zero-order valence-electron chi connectivity index (χ0n) is 19.0. The van der Waals surface area contributed by atoms with Crippen LogP contribution in [0.3, 0.4) is 0 Å². The SMILES string of the molecule is COc1ccccc1NC(=O)c1c(N=Cc2ccc(N(C)C)cc2)sc2c1CC[C@H](C)C2. The van der Waals surface area contributed by atoms with Crippen LogP contribution in [0.4, 0.5) is 16.4 Å². The minimum absolute atomic E-state index is 0.128. The molecule has 166 valence electrons. The van der Waals surface area contributed by atoms with Crippen molar-refractivity contribution in [2.24, 2.45) is 10.9 Å². The van der Waals surface area contributed by atoms with E-state index in [1.807, 2.05) is 56.7 Å². The maximum Gasteiger partial charge on any atom is 0.259 e. The van der Waals surface area contributed by atoms with E-state index in [4.69, 9.17) is 9.73 Å². The molecule has 1 amide bonds. The minimum atomic E-state index is -0.128. The quantitative estimate of drug-likeness (QED) is 0.475. The van der Waals surface area contributed by atoms with Gasteiger partial charge in [0.2, 0.25) is 0 Å². The molecule has 0 bridgehead atoms. The summed E-state index contributed by atoms with van der Waals surface area (Å²) in [7, 11) is 5.65. The van der Waals surface area contributed by atoms with Crippen molar-refractivity contribution in [3.05, 3.63) is 70.1 Å². The molecule has 0 spiro atoms. The first-order chi connectivity index (χ1) is 15.5. The van der Waals surface area contributed by atoms with Crippen LogP contribution in [0.1, 0.15) is 39.7 Å². The number of hydrogen-bond acceptors (Lipinski definition) is 5. The maximum atomic E-state index is 13.4. The molecular weight excluding hydrogens is 418 g/mol. The van der Waals surface area contributed by atoms with E-state index in [9.17, 15) is 4.79 Å². The Labute approximate surface area is 193 Å². The van der Waals surface area contributed by atoms with Crippen LogP contribution in [-0.2, 0) is 12.8 Å². The predicted molar refractivity (Wildman–Crippen MR) is 134 cm³/mol. The number of ether oxygens (including phenoxy) is 1. The van der Waals surface area contributed by atoms with Crippen molar-refractivity contribution in [2.75, 3.05) is 31.4 Å². The number of aliphatic imine (C=N–C) groups is 1. The topological polar surface area (TPSA) is 53.9 Å². The van der Waals surface area contributed by atoms with Crippen molar-refractivity contribution in [3.8, 4) is 5.75 Å². The van der Waals surface area contributed by atoms with Crippen LogP contribution >= 0.6 is 11.3 Å². The van der Waals surface area contributed by atoms with Gasteiger partial charge in [0, 0.05) is 30.9 Å². The normalized spacial score (nSPS) is 15.4. The summed E-state index contributed by atoms with van der Waals surface area (Å²) >= 11 is 1.64. The van der Waals surface area contributed by atoms with Crippen LogP contribution in [0.25, 0.3) is 0 Å². The Balaban J connectivity index is 1.67. The van der Waals surface area contributed by atoms with Gasteiger partial charge in [-0.1, -0.05) is 31.2 Å². The van der Waals surface area contributed by atoms with Crippen LogP contribution in [0.2, 0.25) is 0 Å². The minimum Gasteiger partial charge on any atom is -0.495 e. The number of fused-ring (bicyclic) bond motifs is 1. The molecule has 0 radical (unpaired) electrons. The Bertz CT molecular complexity index is 1130. The smallest absolute Gasteiger partial charge is 0.259 e. The average molecular weight is 448 g/mol. The fraction of sp³-hybridized carbons (Fsp3) is 0.308. The van der Waals surface area contributed by atoms with Gasteiger partial charge >= 0.3 is 0 Å². The van der Waals surface area contributed by atoms with Gasteiger partial charge in [0.25, 0.3) is 5.91 Å². The molecule has 6 heteroatoms. The highest BCUT2D eigenvalue weighted by Gasteiger charge is 2.27. The summed E-state index contributed by atoms with van der Waals surface area (Å²) < 4.78 is 5.41. The highest BCUT2D eigenvalue weighted by molar-refractivity contribution is 7.16. The Morgan fingerprint density at radius 1 is 1.19 bits per heavy atom. The molecule has 1 atom stereocenters. The summed E-state index contributed by atoms with van der Waals surface area (Å²) in [6.45, 7) is 2.27. The van der Waals surface area contributed by atoms with Crippen molar-refractivity contribution < 1.29 is 9.53 Å². The molecular formula is C26H29N3O2S. The van der Waals surface area contributed by atoms with Gasteiger partial charge in [0.15, 0.2) is 0 Å². The highest BCUT2D eigenvalue weighted by atomic mass is 32.1. The van der Waals surface area contributed by atoms with Crippen LogP contribution in [0.5, 0.6) is 5.75 Å². The molecule has 0 aliphatic heterocycles. The van der Waals surface area contributed by atoms with Gasteiger partial charge in [0.1, 0.15) is 10.8 Å². The van der Waals surface area contributed by atoms with E-state index in [2.05, 4.69) is 29.3 Å². The lowest BCUT2D eigenvalue weighted by atomic mass is 9.88. The summed E-state index contributed by atoms with van der Waals surface area (Å²) in [6.07, 6.45) is 4.85. The van der Waals surface area contributed by atoms with Crippen molar-refractivity contribution >= 4 is 39.8 Å². The number of anilines is 2. The molecule has 0 unspecified atom stereocenters. The van der Waals surface area contributed by atoms with Crippen LogP contribution in [-0.4, -0.2) is 33.3 Å². The summed E-state index contributed by atoms with van der Waals surface area (Å²) in [6, 6.07) is 15.7. The first-order valence-corrected chi connectivity index (χ1v) is 11.7. The number of carbonyl (C=O) groups excluding carboxylic acids is 1. The Morgan fingerprint density at radius 2 is 1.94 bits per heavy atom. The summed E-state index contributed by atoms with van der Waals surface area (Å²) in [5, 5.41) is 3.82. The van der Waals surface area contributed by atoms with Gasteiger partial charge in [-0.3, -0.25) is 4.79 Å². The first-order valence-electron chi connectivity index (χ1n) is 10.9. The second-order valence-electron chi connectivity index (χ2n) is 8.43. The van der Waals surface area contributed by atoms with Gasteiger partial charge in [-0.15, -0.1) is 11.3 Å². The summed E-state index contributed by atoms with van der Waals surface area (Å²) in [4.78, 5) is 21.5. The monoisotopic (exact) mass is 447 g/mol. The summed E-state index contributed by atoms with van der Waals surface area (Å²) in [5.41, 5.74) is 4.66. The molecule has 5 nitrogen and oxygen atoms in total. The lowest BCUT2D eigenvalue weighted by Crippen LogP contribution is -2.17. The van der Waals surface area contributed by atoms with E-state index < -0.39 is 0 Å². The van der Waals surface area contributed by atoms with E-state index in [1.54, 1.807) is 18.4 Å². The lowest BCUT2D eigenvalue weighted by molar-refractivity contribution is 0.102. The van der Waals surface area contributed by atoms with Crippen LogP contribution in [0, 0.1) is 5.92 Å². The molecule has 0 fully saturated rings. The third kappa shape index (κ3) is 4.70. The Morgan fingerprint density at radius 3 is 2.66 bits per heavy atom. The number of nitrogens with one attached hydrogen (secondary N) is 1. The predicted octanol–water partition coefficient (Wildman–Crippen LogP) is 5.95. The number of benzene rings is 2. The molecule has 1 aliphatic rings. The van der Waals surface area contributed by atoms with Gasteiger partial charge in [0.05, 0.1) is 18.4 Å². The molecule has 32 heavy (non-hydrogen) atoms. The molecule has 1 aromatic heterocycles. The Kier molecular flexibility index (Phi) is 6.61. The number of nitrogens with zero attached hydrogens (tertiary/aromatic N) is 2. The maximum absolute atomic E-state index is 13.4. The van der Waals surface area contributed by atoms with E-state index in [-0.39, 0.29) is 5.91 Å². The van der Waals surface area contributed by atoms with Gasteiger partial charge in [-0.25, -0.2) is 4.99 Å².